The first-order chi connectivity index (χ1) is 8.09. The monoisotopic (exact) mass is 336 g/mol. The number of hydrogen-bond donors (Lipinski definition) is 0. The van der Waals surface area contributed by atoms with Crippen LogP contribution in [0.4, 0.5) is 0 Å². The summed E-state index contributed by atoms with van der Waals surface area (Å²) in [6.45, 7) is 6.37. The molecule has 86 valence electrons. The molecule has 2 aromatic carbocycles. The summed E-state index contributed by atoms with van der Waals surface area (Å²) in [4.78, 5) is 0. The summed E-state index contributed by atoms with van der Waals surface area (Å²) >= 11 is 2.36. The molecule has 0 amide bonds. The molecule has 1 nitrogen and oxygen atoms in total. The molecule has 0 bridgehead atoms. The number of hydrogen-bond acceptors (Lipinski definition) is 1. The predicted molar refractivity (Wildman–Crippen MR) is 80.6 cm³/mol. The Labute approximate surface area is 114 Å². The zero-order valence-electron chi connectivity index (χ0n) is 10.1. The summed E-state index contributed by atoms with van der Waals surface area (Å²) in [5, 5.41) is 2.44. The van der Waals surface area contributed by atoms with Crippen LogP contribution >= 0.6 is 22.6 Å². The molecule has 3 aromatic rings. The number of rotatable bonds is 0. The fourth-order valence-electron chi connectivity index (χ4n) is 2.20. The Morgan fingerprint density at radius 3 is 2.12 bits per heavy atom. The highest BCUT2D eigenvalue weighted by Crippen LogP contribution is 2.35. The van der Waals surface area contributed by atoms with Gasteiger partial charge < -0.3 is 4.42 Å². The summed E-state index contributed by atoms with van der Waals surface area (Å²) in [6.07, 6.45) is 0. The minimum absolute atomic E-state index is 1.02. The summed E-state index contributed by atoms with van der Waals surface area (Å²) in [5.74, 6) is 0. The average Bonchev–Trinajstić information content (AvgIpc) is 2.69. The van der Waals surface area contributed by atoms with Crippen molar-refractivity contribution in [2.45, 2.75) is 20.8 Å². The van der Waals surface area contributed by atoms with Crippen LogP contribution in [-0.4, -0.2) is 0 Å². The first-order valence-electron chi connectivity index (χ1n) is 5.67. The van der Waals surface area contributed by atoms with Crippen LogP contribution in [0.3, 0.4) is 0 Å². The topological polar surface area (TPSA) is 13.1 Å². The molecule has 0 unspecified atom stereocenters. The first kappa shape index (κ1) is 11.1. The highest BCUT2D eigenvalue weighted by Gasteiger charge is 2.13. The second-order valence-electron chi connectivity index (χ2n) is 4.56. The van der Waals surface area contributed by atoms with Crippen molar-refractivity contribution in [2.75, 3.05) is 0 Å². The maximum Gasteiger partial charge on any atom is 0.149 e. The molecule has 2 heteroatoms. The Balaban J connectivity index is 2.58. The van der Waals surface area contributed by atoms with E-state index in [0.717, 1.165) is 11.2 Å². The van der Waals surface area contributed by atoms with Gasteiger partial charge in [0, 0.05) is 10.8 Å². The molecule has 0 aliphatic heterocycles. The van der Waals surface area contributed by atoms with E-state index in [0.29, 0.717) is 0 Å². The number of benzene rings is 2. The second-order valence-corrected chi connectivity index (χ2v) is 5.64. The van der Waals surface area contributed by atoms with Gasteiger partial charge in [-0.2, -0.15) is 0 Å². The predicted octanol–water partition coefficient (Wildman–Crippen LogP) is 5.12. The number of fused-ring (bicyclic) bond motifs is 3. The maximum absolute atomic E-state index is 6.07. The summed E-state index contributed by atoms with van der Waals surface area (Å²) in [7, 11) is 0. The summed E-state index contributed by atoms with van der Waals surface area (Å²) < 4.78 is 7.28. The lowest BCUT2D eigenvalue weighted by molar-refractivity contribution is 0.662. The van der Waals surface area contributed by atoms with Crippen LogP contribution in [0.1, 0.15) is 16.7 Å². The van der Waals surface area contributed by atoms with Gasteiger partial charge >= 0.3 is 0 Å². The molecule has 3 rings (SSSR count). The van der Waals surface area contributed by atoms with Crippen molar-refractivity contribution in [2.24, 2.45) is 0 Å². The Morgan fingerprint density at radius 1 is 0.824 bits per heavy atom. The van der Waals surface area contributed by atoms with Crippen LogP contribution in [0, 0.1) is 24.3 Å². The SMILES string of the molecule is Cc1ccc2c(oc3c(I)c(C)ccc32)c1C. The molecule has 17 heavy (non-hydrogen) atoms. The van der Waals surface area contributed by atoms with Crippen molar-refractivity contribution in [1.82, 2.24) is 0 Å². The van der Waals surface area contributed by atoms with Crippen molar-refractivity contribution in [3.05, 3.63) is 44.5 Å². The second kappa shape index (κ2) is 3.73. The third-order valence-electron chi connectivity index (χ3n) is 3.46. The zero-order chi connectivity index (χ0) is 12.2. The Hall–Kier alpha value is -1.03. The molecular weight excluding hydrogens is 323 g/mol. The Bertz CT molecular complexity index is 675. The molecule has 0 aliphatic rings. The van der Waals surface area contributed by atoms with Gasteiger partial charge in [-0.25, -0.2) is 0 Å². The lowest BCUT2D eigenvalue weighted by Crippen LogP contribution is -1.79. The molecular formula is C15H13IO. The number of furan rings is 1. The van der Waals surface area contributed by atoms with E-state index in [-0.39, 0.29) is 0 Å². The number of halogens is 1. The van der Waals surface area contributed by atoms with Crippen molar-refractivity contribution in [3.8, 4) is 0 Å². The van der Waals surface area contributed by atoms with Gasteiger partial charge in [-0.05, 0) is 60.1 Å². The van der Waals surface area contributed by atoms with Gasteiger partial charge in [0.2, 0.25) is 0 Å². The smallest absolute Gasteiger partial charge is 0.149 e. The molecule has 0 N–H and O–H groups in total. The lowest BCUT2D eigenvalue weighted by Gasteiger charge is -1.98. The van der Waals surface area contributed by atoms with Gasteiger partial charge in [-0.3, -0.25) is 0 Å². The van der Waals surface area contributed by atoms with Crippen molar-refractivity contribution >= 4 is 44.5 Å². The molecule has 0 saturated carbocycles. The van der Waals surface area contributed by atoms with E-state index in [2.05, 4.69) is 67.6 Å². The molecule has 0 radical (unpaired) electrons. The summed E-state index contributed by atoms with van der Waals surface area (Å²) in [5.41, 5.74) is 5.85. The minimum atomic E-state index is 1.02. The normalized spacial score (nSPS) is 11.5. The van der Waals surface area contributed by atoms with Gasteiger partial charge in [0.15, 0.2) is 0 Å². The van der Waals surface area contributed by atoms with Crippen LogP contribution in [0.25, 0.3) is 21.9 Å². The third-order valence-corrected chi connectivity index (χ3v) is 4.80. The standard InChI is InChI=1S/C15H13IO/c1-8-4-6-11-12-7-5-9(2)13(16)15(12)17-14(11)10(8)3/h4-7H,1-3H3. The third kappa shape index (κ3) is 1.50. The highest BCUT2D eigenvalue weighted by atomic mass is 127. The van der Waals surface area contributed by atoms with Gasteiger partial charge in [-0.15, -0.1) is 0 Å². The van der Waals surface area contributed by atoms with E-state index in [4.69, 9.17) is 4.42 Å². The fourth-order valence-corrected chi connectivity index (χ4v) is 2.78. The largest absolute Gasteiger partial charge is 0.455 e. The van der Waals surface area contributed by atoms with Gasteiger partial charge in [0.25, 0.3) is 0 Å². The minimum Gasteiger partial charge on any atom is -0.455 e. The van der Waals surface area contributed by atoms with Gasteiger partial charge in [0.05, 0.1) is 3.57 Å². The molecule has 0 fully saturated rings. The van der Waals surface area contributed by atoms with Crippen LogP contribution in [0.2, 0.25) is 0 Å². The van der Waals surface area contributed by atoms with Gasteiger partial charge in [-0.1, -0.05) is 24.3 Å². The quantitative estimate of drug-likeness (QED) is 0.520. The molecule has 0 spiro atoms. The maximum atomic E-state index is 6.07. The molecule has 0 saturated heterocycles. The Morgan fingerprint density at radius 2 is 1.41 bits per heavy atom. The van der Waals surface area contributed by atoms with Gasteiger partial charge in [0.1, 0.15) is 11.2 Å². The van der Waals surface area contributed by atoms with E-state index in [1.807, 2.05) is 0 Å². The van der Waals surface area contributed by atoms with E-state index in [9.17, 15) is 0 Å². The average molecular weight is 336 g/mol. The van der Waals surface area contributed by atoms with E-state index in [1.165, 1.54) is 31.0 Å². The van der Waals surface area contributed by atoms with Crippen LogP contribution in [0.15, 0.2) is 28.7 Å². The van der Waals surface area contributed by atoms with E-state index < -0.39 is 0 Å². The molecule has 1 aromatic heterocycles. The first-order valence-corrected chi connectivity index (χ1v) is 6.75. The lowest BCUT2D eigenvalue weighted by atomic mass is 10.0. The van der Waals surface area contributed by atoms with Crippen molar-refractivity contribution in [1.29, 1.82) is 0 Å². The molecule has 1 heterocycles. The van der Waals surface area contributed by atoms with Crippen molar-refractivity contribution < 1.29 is 4.42 Å². The molecule has 0 atom stereocenters. The van der Waals surface area contributed by atoms with Crippen LogP contribution in [-0.2, 0) is 0 Å². The van der Waals surface area contributed by atoms with Crippen LogP contribution in [0.5, 0.6) is 0 Å². The summed E-state index contributed by atoms with van der Waals surface area (Å²) in [6, 6.07) is 8.65. The zero-order valence-corrected chi connectivity index (χ0v) is 12.3. The number of aryl methyl sites for hydroxylation is 3. The van der Waals surface area contributed by atoms with Crippen molar-refractivity contribution in [3.63, 3.8) is 0 Å². The fraction of sp³-hybridized carbons (Fsp3) is 0.200. The Kier molecular flexibility index (Phi) is 2.43. The van der Waals surface area contributed by atoms with E-state index >= 15 is 0 Å². The van der Waals surface area contributed by atoms with E-state index in [1.54, 1.807) is 0 Å². The van der Waals surface area contributed by atoms with Crippen LogP contribution < -0.4 is 0 Å². The highest BCUT2D eigenvalue weighted by molar-refractivity contribution is 14.1. The molecule has 0 aliphatic carbocycles.